The maximum Gasteiger partial charge on any atom is 0.291 e. The lowest BCUT2D eigenvalue weighted by atomic mass is 9.76. The summed E-state index contributed by atoms with van der Waals surface area (Å²) in [4.78, 5) is 40.6. The van der Waals surface area contributed by atoms with E-state index in [1.165, 1.54) is 4.90 Å². The second kappa shape index (κ2) is 4.83. The lowest BCUT2D eigenvalue weighted by molar-refractivity contribution is -0.730. The molecule has 3 N–H and O–H groups in total. The van der Waals surface area contributed by atoms with E-state index in [0.717, 1.165) is 0 Å². The largest absolute Gasteiger partial charge is 0.326 e. The molecule has 4 rings (SSSR count). The monoisotopic (exact) mass is 362 g/mol. The Balaban J connectivity index is 1.93. The molecule has 2 fully saturated rings. The van der Waals surface area contributed by atoms with Crippen LogP contribution in [0.15, 0.2) is 18.2 Å². The van der Waals surface area contributed by atoms with Crippen molar-refractivity contribution in [2.45, 2.75) is 44.8 Å². The molecule has 3 heterocycles. The molecule has 1 spiro atoms. The van der Waals surface area contributed by atoms with Crippen LogP contribution in [0.2, 0.25) is 5.02 Å². The number of carbonyl (C=O) groups excluding carboxylic acids is 3. The van der Waals surface area contributed by atoms with E-state index in [4.69, 9.17) is 11.6 Å². The van der Waals surface area contributed by atoms with Gasteiger partial charge in [-0.05, 0) is 39.8 Å². The van der Waals surface area contributed by atoms with Crippen molar-refractivity contribution in [3.63, 3.8) is 0 Å². The van der Waals surface area contributed by atoms with Gasteiger partial charge in [0.2, 0.25) is 17.4 Å². The van der Waals surface area contributed by atoms with Gasteiger partial charge in [0, 0.05) is 11.1 Å². The van der Waals surface area contributed by atoms with Crippen molar-refractivity contribution in [2.75, 3.05) is 5.32 Å². The van der Waals surface area contributed by atoms with Gasteiger partial charge in [-0.1, -0.05) is 17.7 Å². The number of halogens is 1. The molecule has 0 saturated carbocycles. The summed E-state index contributed by atoms with van der Waals surface area (Å²) in [5.74, 6) is -1.96. The number of hydrogen-bond acceptors (Lipinski definition) is 3. The third-order valence-electron chi connectivity index (χ3n) is 5.68. The van der Waals surface area contributed by atoms with E-state index in [2.05, 4.69) is 5.32 Å². The lowest BCUT2D eigenvalue weighted by Crippen LogP contribution is -2.98. The van der Waals surface area contributed by atoms with Crippen molar-refractivity contribution >= 4 is 35.0 Å². The van der Waals surface area contributed by atoms with Gasteiger partial charge in [0.1, 0.15) is 11.8 Å². The number of benzene rings is 1. The Kier molecular flexibility index (Phi) is 3.19. The average molecular weight is 363 g/mol. The van der Waals surface area contributed by atoms with Crippen LogP contribution in [-0.4, -0.2) is 34.2 Å². The van der Waals surface area contributed by atoms with Gasteiger partial charge in [0.15, 0.2) is 0 Å². The van der Waals surface area contributed by atoms with Crippen molar-refractivity contribution in [2.24, 2.45) is 11.8 Å². The highest BCUT2D eigenvalue weighted by atomic mass is 35.5. The second-order valence-corrected chi connectivity index (χ2v) is 8.60. The summed E-state index contributed by atoms with van der Waals surface area (Å²) in [6.45, 7) is 7.42. The van der Waals surface area contributed by atoms with Gasteiger partial charge in [-0.2, -0.15) is 0 Å². The second-order valence-electron chi connectivity index (χ2n) is 8.20. The molecule has 0 aromatic heterocycles. The number of quaternary nitrogens is 1. The standard InChI is InChI=1S/C18H20ClN3O3/c1-8-11-12(15(24)22(14(11)23)17(2,3)4)18(21-8)9-6-5-7-10(19)13(9)20-16(18)25/h5-8,11-12,21H,1-4H3,(H,20,25)/p+1/t8-,11+,12-,18+/m0/s1. The first-order valence-corrected chi connectivity index (χ1v) is 8.83. The number of anilines is 1. The Morgan fingerprint density at radius 3 is 2.52 bits per heavy atom. The van der Waals surface area contributed by atoms with Gasteiger partial charge < -0.3 is 10.6 Å². The van der Waals surface area contributed by atoms with Crippen LogP contribution in [0.3, 0.4) is 0 Å². The maximum atomic E-state index is 13.3. The van der Waals surface area contributed by atoms with E-state index in [-0.39, 0.29) is 23.8 Å². The highest BCUT2D eigenvalue weighted by Gasteiger charge is 2.74. The molecule has 3 amide bonds. The van der Waals surface area contributed by atoms with E-state index in [1.54, 1.807) is 12.1 Å². The number of imide groups is 1. The molecule has 0 unspecified atom stereocenters. The Morgan fingerprint density at radius 1 is 1.20 bits per heavy atom. The molecule has 0 radical (unpaired) electrons. The summed E-state index contributed by atoms with van der Waals surface area (Å²) in [5, 5.41) is 5.15. The normalized spacial score (nSPS) is 33.9. The molecule has 132 valence electrons. The number of nitrogens with one attached hydrogen (secondary N) is 1. The summed E-state index contributed by atoms with van der Waals surface area (Å²) in [7, 11) is 0. The summed E-state index contributed by atoms with van der Waals surface area (Å²) in [6.07, 6.45) is 0. The Hall–Kier alpha value is -1.92. The molecule has 0 aliphatic carbocycles. The predicted octanol–water partition coefficient (Wildman–Crippen LogP) is 0.853. The quantitative estimate of drug-likeness (QED) is 0.671. The van der Waals surface area contributed by atoms with Gasteiger partial charge in [0.25, 0.3) is 5.91 Å². The molecule has 25 heavy (non-hydrogen) atoms. The van der Waals surface area contributed by atoms with Gasteiger partial charge >= 0.3 is 0 Å². The number of amides is 3. The van der Waals surface area contributed by atoms with E-state index < -0.39 is 22.9 Å². The molecule has 6 nitrogen and oxygen atoms in total. The zero-order valence-corrected chi connectivity index (χ0v) is 15.3. The lowest BCUT2D eigenvalue weighted by Gasteiger charge is -2.33. The Bertz CT molecular complexity index is 831. The fourth-order valence-corrected chi connectivity index (χ4v) is 5.01. The highest BCUT2D eigenvalue weighted by molar-refractivity contribution is 6.35. The van der Waals surface area contributed by atoms with Gasteiger partial charge in [-0.15, -0.1) is 0 Å². The number of nitrogens with two attached hydrogens (primary N) is 1. The predicted molar refractivity (Wildman–Crippen MR) is 91.7 cm³/mol. The van der Waals surface area contributed by atoms with Crippen LogP contribution in [-0.2, 0) is 19.9 Å². The fraction of sp³-hybridized carbons (Fsp3) is 0.500. The third-order valence-corrected chi connectivity index (χ3v) is 5.99. The van der Waals surface area contributed by atoms with Crippen LogP contribution in [0, 0.1) is 11.8 Å². The smallest absolute Gasteiger partial charge is 0.291 e. The summed E-state index contributed by atoms with van der Waals surface area (Å²) < 4.78 is 0. The fourth-order valence-electron chi connectivity index (χ4n) is 4.79. The zero-order valence-electron chi connectivity index (χ0n) is 14.6. The number of hydrogen-bond donors (Lipinski definition) is 2. The van der Waals surface area contributed by atoms with Crippen LogP contribution in [0.25, 0.3) is 0 Å². The first-order chi connectivity index (χ1) is 11.6. The molecular formula is C18H21ClN3O3+. The van der Waals surface area contributed by atoms with Crippen LogP contribution in [0.4, 0.5) is 5.69 Å². The van der Waals surface area contributed by atoms with E-state index >= 15 is 0 Å². The minimum atomic E-state index is -1.13. The molecule has 3 aliphatic rings. The molecule has 3 aliphatic heterocycles. The molecule has 2 saturated heterocycles. The molecule has 0 bridgehead atoms. The number of fused-ring (bicyclic) bond motifs is 4. The number of likely N-dealkylation sites (tertiary alicyclic amines) is 1. The van der Waals surface area contributed by atoms with Gasteiger partial charge in [-0.3, -0.25) is 19.3 Å². The van der Waals surface area contributed by atoms with Crippen molar-refractivity contribution in [1.29, 1.82) is 0 Å². The number of carbonyl (C=O) groups is 3. The third kappa shape index (κ3) is 1.87. The number of nitrogens with zero attached hydrogens (tertiary/aromatic N) is 1. The van der Waals surface area contributed by atoms with E-state index in [1.807, 2.05) is 39.1 Å². The summed E-state index contributed by atoms with van der Waals surface area (Å²) in [5.41, 5.74) is -0.503. The minimum Gasteiger partial charge on any atom is -0.326 e. The van der Waals surface area contributed by atoms with Crippen molar-refractivity contribution in [3.8, 4) is 0 Å². The minimum absolute atomic E-state index is 0.176. The SMILES string of the molecule is C[C@@H]1[NH2+][C@@]2(C(=O)Nc3c(Cl)cccc32)[C@@H]2C(=O)N(C(C)(C)C)C(=O)[C@H]12. The van der Waals surface area contributed by atoms with E-state index in [9.17, 15) is 14.4 Å². The molecular weight excluding hydrogens is 342 g/mol. The van der Waals surface area contributed by atoms with Crippen LogP contribution in [0.5, 0.6) is 0 Å². The number of para-hydroxylation sites is 1. The first-order valence-electron chi connectivity index (χ1n) is 8.45. The summed E-state index contributed by atoms with van der Waals surface area (Å²) in [6, 6.07) is 5.13. The van der Waals surface area contributed by atoms with Crippen molar-refractivity contribution in [1.82, 2.24) is 4.90 Å². The van der Waals surface area contributed by atoms with Crippen LogP contribution >= 0.6 is 11.6 Å². The zero-order chi connectivity index (χ0) is 18.3. The van der Waals surface area contributed by atoms with Gasteiger partial charge in [0.05, 0.1) is 16.8 Å². The number of rotatable bonds is 0. The molecule has 7 heteroatoms. The average Bonchev–Trinajstić information content (AvgIpc) is 3.05. The van der Waals surface area contributed by atoms with E-state index in [0.29, 0.717) is 16.3 Å². The maximum absolute atomic E-state index is 13.3. The van der Waals surface area contributed by atoms with Crippen LogP contribution < -0.4 is 10.6 Å². The molecule has 4 atom stereocenters. The van der Waals surface area contributed by atoms with Crippen LogP contribution in [0.1, 0.15) is 33.3 Å². The topological polar surface area (TPSA) is 83.1 Å². The van der Waals surface area contributed by atoms with Gasteiger partial charge in [-0.25, -0.2) is 0 Å². The highest BCUT2D eigenvalue weighted by Crippen LogP contribution is 2.51. The Morgan fingerprint density at radius 2 is 1.88 bits per heavy atom. The molecule has 1 aromatic carbocycles. The summed E-state index contributed by atoms with van der Waals surface area (Å²) >= 11 is 6.25. The first kappa shape index (κ1) is 16.5. The van der Waals surface area contributed by atoms with Crippen molar-refractivity contribution in [3.05, 3.63) is 28.8 Å². The molecule has 1 aromatic rings. The Labute approximate surface area is 150 Å². The van der Waals surface area contributed by atoms with Crippen molar-refractivity contribution < 1.29 is 19.7 Å².